The molecule has 0 saturated heterocycles. The standard InChI is InChI=1S/C36H37N3O5S/c1-23(2)25-14-17-28(18-15-25)37-34(40)24(3)45-31-13-9-12-29(21-31)38-36(42)32(39-35(41)26-10-7-6-8-11-26)20-27-16-19-30(43-4)22-33(27)44-5/h6-24H,1-5H3,(H,37,40)(H,38,42)(H,39,41)/b32-20+. The van der Waals surface area contributed by atoms with Gasteiger partial charge in [-0.1, -0.05) is 50.2 Å². The molecule has 232 valence electrons. The highest BCUT2D eigenvalue weighted by Gasteiger charge is 2.18. The van der Waals surface area contributed by atoms with Crippen molar-refractivity contribution in [1.82, 2.24) is 5.32 Å². The third kappa shape index (κ3) is 9.23. The van der Waals surface area contributed by atoms with Gasteiger partial charge in [-0.15, -0.1) is 11.8 Å². The minimum Gasteiger partial charge on any atom is -0.497 e. The fraction of sp³-hybridized carbons (Fsp3) is 0.194. The van der Waals surface area contributed by atoms with Gasteiger partial charge in [-0.2, -0.15) is 0 Å². The van der Waals surface area contributed by atoms with Crippen LogP contribution in [0.1, 0.15) is 48.2 Å². The van der Waals surface area contributed by atoms with Crippen molar-refractivity contribution in [2.24, 2.45) is 0 Å². The summed E-state index contributed by atoms with van der Waals surface area (Å²) in [4.78, 5) is 40.3. The van der Waals surface area contributed by atoms with Gasteiger partial charge >= 0.3 is 0 Å². The molecule has 0 radical (unpaired) electrons. The molecule has 0 aliphatic carbocycles. The first-order valence-electron chi connectivity index (χ1n) is 14.5. The maximum Gasteiger partial charge on any atom is 0.272 e. The largest absolute Gasteiger partial charge is 0.497 e. The quantitative estimate of drug-likeness (QED) is 0.113. The van der Waals surface area contributed by atoms with Crippen molar-refractivity contribution in [3.8, 4) is 11.5 Å². The van der Waals surface area contributed by atoms with Crippen molar-refractivity contribution >= 4 is 46.9 Å². The Labute approximate surface area is 268 Å². The van der Waals surface area contributed by atoms with Crippen LogP contribution < -0.4 is 25.4 Å². The van der Waals surface area contributed by atoms with Gasteiger partial charge in [-0.25, -0.2) is 0 Å². The Morgan fingerprint density at radius 1 is 0.756 bits per heavy atom. The van der Waals surface area contributed by atoms with Gasteiger partial charge in [0, 0.05) is 33.5 Å². The molecule has 45 heavy (non-hydrogen) atoms. The summed E-state index contributed by atoms with van der Waals surface area (Å²) in [5.74, 6) is 0.366. The molecule has 0 bridgehead atoms. The van der Waals surface area contributed by atoms with E-state index in [1.165, 1.54) is 24.4 Å². The normalized spacial score (nSPS) is 11.8. The van der Waals surface area contributed by atoms with E-state index in [4.69, 9.17) is 9.47 Å². The molecule has 3 N–H and O–H groups in total. The first-order chi connectivity index (χ1) is 21.7. The number of hydrogen-bond donors (Lipinski definition) is 3. The summed E-state index contributed by atoms with van der Waals surface area (Å²) in [7, 11) is 3.07. The van der Waals surface area contributed by atoms with Crippen LogP contribution in [0, 0.1) is 0 Å². The number of carbonyl (C=O) groups is 3. The highest BCUT2D eigenvalue weighted by Crippen LogP contribution is 2.29. The highest BCUT2D eigenvalue weighted by atomic mass is 32.2. The summed E-state index contributed by atoms with van der Waals surface area (Å²) in [5.41, 5.74) is 3.43. The molecule has 0 fully saturated rings. The third-order valence-corrected chi connectivity index (χ3v) is 7.98. The van der Waals surface area contributed by atoms with Gasteiger partial charge < -0.3 is 25.4 Å². The van der Waals surface area contributed by atoms with Gasteiger partial charge in [0.15, 0.2) is 0 Å². The predicted octanol–water partition coefficient (Wildman–Crippen LogP) is 7.36. The van der Waals surface area contributed by atoms with Gasteiger partial charge in [0.05, 0.1) is 19.5 Å². The summed E-state index contributed by atoms with van der Waals surface area (Å²) < 4.78 is 10.8. The maximum atomic E-state index is 13.6. The van der Waals surface area contributed by atoms with Crippen molar-refractivity contribution < 1.29 is 23.9 Å². The number of hydrogen-bond acceptors (Lipinski definition) is 6. The number of carbonyl (C=O) groups excluding carboxylic acids is 3. The second kappa shape index (κ2) is 15.6. The summed E-state index contributed by atoms with van der Waals surface area (Å²) in [5, 5.41) is 8.18. The van der Waals surface area contributed by atoms with E-state index < -0.39 is 17.1 Å². The average molecular weight is 624 g/mol. The van der Waals surface area contributed by atoms with Crippen molar-refractivity contribution in [3.05, 3.63) is 119 Å². The molecule has 0 saturated carbocycles. The van der Waals surface area contributed by atoms with E-state index >= 15 is 0 Å². The van der Waals surface area contributed by atoms with Crippen LogP contribution in [0.5, 0.6) is 11.5 Å². The van der Waals surface area contributed by atoms with Crippen LogP contribution >= 0.6 is 11.8 Å². The Kier molecular flexibility index (Phi) is 11.4. The van der Waals surface area contributed by atoms with Crippen LogP contribution in [-0.4, -0.2) is 37.2 Å². The Morgan fingerprint density at radius 3 is 2.16 bits per heavy atom. The van der Waals surface area contributed by atoms with Crippen LogP contribution in [-0.2, 0) is 9.59 Å². The lowest BCUT2D eigenvalue weighted by atomic mass is 10.0. The van der Waals surface area contributed by atoms with E-state index in [2.05, 4.69) is 29.8 Å². The number of anilines is 2. The average Bonchev–Trinajstić information content (AvgIpc) is 3.05. The fourth-order valence-electron chi connectivity index (χ4n) is 4.33. The minimum absolute atomic E-state index is 0.0154. The zero-order valence-corrected chi connectivity index (χ0v) is 26.7. The fourth-order valence-corrected chi connectivity index (χ4v) is 5.26. The van der Waals surface area contributed by atoms with Gasteiger partial charge in [0.1, 0.15) is 17.2 Å². The molecule has 4 rings (SSSR count). The van der Waals surface area contributed by atoms with E-state index in [1.54, 1.807) is 73.8 Å². The number of amides is 3. The van der Waals surface area contributed by atoms with E-state index in [-0.39, 0.29) is 11.6 Å². The molecule has 0 heterocycles. The monoisotopic (exact) mass is 623 g/mol. The predicted molar refractivity (Wildman–Crippen MR) is 181 cm³/mol. The van der Waals surface area contributed by atoms with Crippen molar-refractivity contribution in [1.29, 1.82) is 0 Å². The maximum absolute atomic E-state index is 13.6. The molecule has 3 amide bonds. The highest BCUT2D eigenvalue weighted by molar-refractivity contribution is 8.00. The molecular weight excluding hydrogens is 586 g/mol. The second-order valence-corrected chi connectivity index (χ2v) is 11.9. The minimum atomic E-state index is -0.532. The van der Waals surface area contributed by atoms with Gasteiger partial charge in [-0.3, -0.25) is 14.4 Å². The number of rotatable bonds is 12. The van der Waals surface area contributed by atoms with Crippen molar-refractivity contribution in [2.45, 2.75) is 36.8 Å². The number of nitrogens with one attached hydrogen (secondary N) is 3. The molecule has 4 aromatic carbocycles. The Balaban J connectivity index is 1.50. The van der Waals surface area contributed by atoms with E-state index in [0.29, 0.717) is 34.2 Å². The summed E-state index contributed by atoms with van der Waals surface area (Å²) in [6.07, 6.45) is 1.55. The van der Waals surface area contributed by atoms with E-state index in [0.717, 1.165) is 10.6 Å². The van der Waals surface area contributed by atoms with Gasteiger partial charge in [0.2, 0.25) is 5.91 Å². The molecule has 9 heteroatoms. The first-order valence-corrected chi connectivity index (χ1v) is 15.3. The third-order valence-electron chi connectivity index (χ3n) is 6.89. The van der Waals surface area contributed by atoms with Gasteiger partial charge in [0.25, 0.3) is 11.8 Å². The number of benzene rings is 4. The lowest BCUT2D eigenvalue weighted by molar-refractivity contribution is -0.115. The van der Waals surface area contributed by atoms with Crippen LogP contribution in [0.4, 0.5) is 11.4 Å². The Morgan fingerprint density at radius 2 is 1.49 bits per heavy atom. The number of thioether (sulfide) groups is 1. The van der Waals surface area contributed by atoms with Crippen LogP contribution in [0.25, 0.3) is 6.08 Å². The summed E-state index contributed by atoms with van der Waals surface area (Å²) in [6, 6.07) is 28.8. The van der Waals surface area contributed by atoms with Crippen LogP contribution in [0.15, 0.2) is 108 Å². The molecule has 1 atom stereocenters. The summed E-state index contributed by atoms with van der Waals surface area (Å²) in [6.45, 7) is 6.08. The Bertz CT molecular complexity index is 1670. The molecule has 8 nitrogen and oxygen atoms in total. The molecule has 0 aromatic heterocycles. The molecular formula is C36H37N3O5S. The number of methoxy groups -OCH3 is 2. The number of ether oxygens (including phenoxy) is 2. The lowest BCUT2D eigenvalue weighted by Crippen LogP contribution is -2.30. The second-order valence-electron chi connectivity index (χ2n) is 10.5. The molecule has 1 unspecified atom stereocenters. The zero-order chi connectivity index (χ0) is 32.3. The molecule has 0 aliphatic heterocycles. The molecule has 4 aromatic rings. The van der Waals surface area contributed by atoms with Gasteiger partial charge in [-0.05, 0) is 79.1 Å². The van der Waals surface area contributed by atoms with E-state index in [9.17, 15) is 14.4 Å². The molecule has 0 aliphatic rings. The lowest BCUT2D eigenvalue weighted by Gasteiger charge is -2.15. The first kappa shape index (κ1) is 32.9. The van der Waals surface area contributed by atoms with Crippen molar-refractivity contribution in [2.75, 3.05) is 24.9 Å². The Hall–Kier alpha value is -5.02. The molecule has 0 spiro atoms. The smallest absolute Gasteiger partial charge is 0.272 e. The topological polar surface area (TPSA) is 106 Å². The van der Waals surface area contributed by atoms with E-state index in [1.807, 2.05) is 43.3 Å². The van der Waals surface area contributed by atoms with Crippen molar-refractivity contribution in [3.63, 3.8) is 0 Å². The SMILES string of the molecule is COc1ccc(/C=C(/NC(=O)c2ccccc2)C(=O)Nc2cccc(SC(C)C(=O)Nc3ccc(C(C)C)cc3)c2)c(OC)c1. The summed E-state index contributed by atoms with van der Waals surface area (Å²) >= 11 is 1.37. The van der Waals surface area contributed by atoms with Crippen LogP contribution in [0.2, 0.25) is 0 Å². The van der Waals surface area contributed by atoms with Crippen LogP contribution in [0.3, 0.4) is 0 Å². The zero-order valence-electron chi connectivity index (χ0n) is 25.9.